The minimum atomic E-state index is -3.07. The Hall–Kier alpha value is -3.35. The summed E-state index contributed by atoms with van der Waals surface area (Å²) >= 11 is 0. The molecule has 0 aliphatic carbocycles. The highest BCUT2D eigenvalue weighted by Crippen LogP contribution is 2.35. The third-order valence-corrected chi connectivity index (χ3v) is 7.61. The van der Waals surface area contributed by atoms with Gasteiger partial charge in [0.25, 0.3) is 0 Å². The lowest BCUT2D eigenvalue weighted by molar-refractivity contribution is -0.305. The van der Waals surface area contributed by atoms with Gasteiger partial charge in [-0.2, -0.15) is 0 Å². The van der Waals surface area contributed by atoms with Gasteiger partial charge in [-0.3, -0.25) is 14.5 Å². The van der Waals surface area contributed by atoms with Crippen molar-refractivity contribution in [3.63, 3.8) is 0 Å². The first-order valence-electron chi connectivity index (χ1n) is 13.8. The summed E-state index contributed by atoms with van der Waals surface area (Å²) < 4.78 is 27.6. The highest BCUT2D eigenvalue weighted by atomic mass is 19.1. The van der Waals surface area contributed by atoms with Crippen LogP contribution in [0.4, 0.5) is 4.39 Å². The van der Waals surface area contributed by atoms with Crippen LogP contribution in [0.5, 0.6) is 5.75 Å². The molecule has 0 spiro atoms. The first-order chi connectivity index (χ1) is 19.5. The number of rotatable bonds is 9. The standard InChI is InChI=1S/C31H40FN3O7/c1-20-9-7-12-25(23(20)16-35(19-36)30(38)14-13-26(37)33-21(30)2)41-31(39,40)24-11-8-10-22(27(24)32)15-34-17-28(3,4)42-29(5,6)18-34/h7-12,19,38-40H,2,13-18H2,1,3-6H3,(H,33,37). The molecule has 2 aromatic rings. The van der Waals surface area contributed by atoms with E-state index in [4.69, 9.17) is 9.47 Å². The van der Waals surface area contributed by atoms with Crippen molar-refractivity contribution in [2.24, 2.45) is 0 Å². The minimum Gasteiger partial charge on any atom is -0.435 e. The number of carbonyl (C=O) groups is 2. The highest BCUT2D eigenvalue weighted by Gasteiger charge is 2.43. The van der Waals surface area contributed by atoms with Crippen LogP contribution in [0.15, 0.2) is 48.7 Å². The summed E-state index contributed by atoms with van der Waals surface area (Å²) in [6, 6.07) is 9.12. The van der Waals surface area contributed by atoms with Crippen molar-refractivity contribution >= 4 is 12.3 Å². The van der Waals surface area contributed by atoms with E-state index >= 15 is 4.39 Å². The minimum absolute atomic E-state index is 0.0254. The Kier molecular flexibility index (Phi) is 8.56. The zero-order chi connectivity index (χ0) is 31.1. The fourth-order valence-electron chi connectivity index (χ4n) is 5.95. The van der Waals surface area contributed by atoms with Gasteiger partial charge >= 0.3 is 5.97 Å². The lowest BCUT2D eigenvalue weighted by Crippen LogP contribution is -2.56. The monoisotopic (exact) mass is 585 g/mol. The number of ether oxygens (including phenoxy) is 2. The van der Waals surface area contributed by atoms with Crippen LogP contribution in [0.1, 0.15) is 62.8 Å². The van der Waals surface area contributed by atoms with Gasteiger partial charge in [-0.1, -0.05) is 30.8 Å². The molecule has 42 heavy (non-hydrogen) atoms. The molecule has 2 heterocycles. The van der Waals surface area contributed by atoms with E-state index in [1.54, 1.807) is 25.1 Å². The van der Waals surface area contributed by atoms with Gasteiger partial charge < -0.3 is 35.0 Å². The molecule has 2 aromatic carbocycles. The molecule has 4 rings (SSSR count). The SMILES string of the molecule is C=C1NC(=O)CCC1(O)N(C=O)Cc1c(C)cccc1OC(O)(O)c1cccc(CN2CC(C)(C)OC(C)(C)C2)c1F. The number of amides is 2. The van der Waals surface area contributed by atoms with Crippen LogP contribution in [0.3, 0.4) is 0 Å². The van der Waals surface area contributed by atoms with Crippen molar-refractivity contribution in [2.75, 3.05) is 13.1 Å². The number of morpholine rings is 1. The Morgan fingerprint density at radius 1 is 1.17 bits per heavy atom. The number of halogens is 1. The summed E-state index contributed by atoms with van der Waals surface area (Å²) in [5, 5.41) is 35.8. The number of aliphatic hydroxyl groups is 3. The van der Waals surface area contributed by atoms with Gasteiger partial charge in [-0.05, 0) is 52.3 Å². The van der Waals surface area contributed by atoms with E-state index in [1.807, 2.05) is 27.7 Å². The highest BCUT2D eigenvalue weighted by molar-refractivity contribution is 5.80. The van der Waals surface area contributed by atoms with E-state index in [0.717, 1.165) is 4.90 Å². The maximum atomic E-state index is 15.8. The molecule has 0 saturated carbocycles. The van der Waals surface area contributed by atoms with Gasteiger partial charge in [-0.15, -0.1) is 0 Å². The Bertz CT molecular complexity index is 1360. The lowest BCUT2D eigenvalue weighted by Gasteiger charge is -2.47. The second-order valence-corrected chi connectivity index (χ2v) is 12.4. The fraction of sp³-hybridized carbons (Fsp3) is 0.484. The maximum Gasteiger partial charge on any atom is 0.354 e. The molecule has 228 valence electrons. The van der Waals surface area contributed by atoms with Crippen molar-refractivity contribution < 1.29 is 38.8 Å². The van der Waals surface area contributed by atoms with Crippen LogP contribution >= 0.6 is 0 Å². The molecule has 4 N–H and O–H groups in total. The molecule has 0 aromatic heterocycles. The number of piperidine rings is 1. The van der Waals surface area contributed by atoms with Crippen LogP contribution in [0.2, 0.25) is 0 Å². The molecular formula is C31H40FN3O7. The topological polar surface area (TPSA) is 132 Å². The van der Waals surface area contributed by atoms with E-state index in [0.29, 0.717) is 30.6 Å². The first kappa shape index (κ1) is 31.6. The number of aryl methyl sites for hydroxylation is 1. The van der Waals surface area contributed by atoms with E-state index in [2.05, 4.69) is 16.8 Å². The number of hydrogen-bond acceptors (Lipinski definition) is 8. The van der Waals surface area contributed by atoms with Gasteiger partial charge in [0, 0.05) is 43.6 Å². The molecule has 1 unspecified atom stereocenters. The number of nitrogens with one attached hydrogen (secondary N) is 1. The van der Waals surface area contributed by atoms with Crippen LogP contribution < -0.4 is 10.1 Å². The van der Waals surface area contributed by atoms with Gasteiger partial charge in [0.2, 0.25) is 12.3 Å². The summed E-state index contributed by atoms with van der Waals surface area (Å²) in [5.74, 6) is -4.26. The molecule has 0 radical (unpaired) electrons. The van der Waals surface area contributed by atoms with E-state index in [1.165, 1.54) is 18.2 Å². The molecule has 2 aliphatic rings. The molecule has 11 heteroatoms. The molecule has 10 nitrogen and oxygen atoms in total. The maximum absolute atomic E-state index is 15.8. The molecule has 2 fully saturated rings. The predicted octanol–water partition coefficient (Wildman–Crippen LogP) is 2.77. The quantitative estimate of drug-likeness (QED) is 0.261. The van der Waals surface area contributed by atoms with Crippen LogP contribution in [-0.2, 0) is 33.4 Å². The molecule has 2 amide bonds. The normalized spacial score (nSPS) is 22.4. The van der Waals surface area contributed by atoms with E-state index in [-0.39, 0.29) is 48.8 Å². The molecule has 2 saturated heterocycles. The van der Waals surface area contributed by atoms with E-state index in [9.17, 15) is 24.9 Å². The summed E-state index contributed by atoms with van der Waals surface area (Å²) in [5.41, 5.74) is -2.09. The zero-order valence-electron chi connectivity index (χ0n) is 24.7. The van der Waals surface area contributed by atoms with Gasteiger partial charge in [0.15, 0.2) is 5.72 Å². The van der Waals surface area contributed by atoms with Crippen molar-refractivity contribution in [1.29, 1.82) is 0 Å². The third kappa shape index (κ3) is 6.66. The summed E-state index contributed by atoms with van der Waals surface area (Å²) in [6.45, 7) is 14.4. The summed E-state index contributed by atoms with van der Waals surface area (Å²) in [4.78, 5) is 27.0. The second-order valence-electron chi connectivity index (χ2n) is 12.4. The Labute approximate surface area is 245 Å². The average Bonchev–Trinajstić information content (AvgIpc) is 2.85. The molecule has 0 bridgehead atoms. The van der Waals surface area contributed by atoms with Gasteiger partial charge in [0.05, 0.1) is 29.0 Å². The van der Waals surface area contributed by atoms with Crippen LogP contribution in [0, 0.1) is 12.7 Å². The largest absolute Gasteiger partial charge is 0.435 e. The van der Waals surface area contributed by atoms with Gasteiger partial charge in [0.1, 0.15) is 11.6 Å². The zero-order valence-corrected chi connectivity index (χ0v) is 24.7. The smallest absolute Gasteiger partial charge is 0.354 e. The summed E-state index contributed by atoms with van der Waals surface area (Å²) in [7, 11) is 0. The predicted molar refractivity (Wildman–Crippen MR) is 152 cm³/mol. The Morgan fingerprint density at radius 2 is 1.81 bits per heavy atom. The van der Waals surface area contributed by atoms with Crippen molar-refractivity contribution in [2.45, 2.75) is 83.5 Å². The van der Waals surface area contributed by atoms with Crippen molar-refractivity contribution in [3.8, 4) is 5.75 Å². The van der Waals surface area contributed by atoms with Gasteiger partial charge in [-0.25, -0.2) is 4.39 Å². The third-order valence-electron chi connectivity index (χ3n) is 7.61. The van der Waals surface area contributed by atoms with Crippen molar-refractivity contribution in [3.05, 3.63) is 76.7 Å². The Balaban J connectivity index is 1.60. The summed E-state index contributed by atoms with van der Waals surface area (Å²) in [6.07, 6.45) is 0.321. The van der Waals surface area contributed by atoms with Crippen LogP contribution in [-0.4, -0.2) is 67.5 Å². The molecule has 2 aliphatic heterocycles. The average molecular weight is 586 g/mol. The van der Waals surface area contributed by atoms with Crippen molar-refractivity contribution in [1.82, 2.24) is 15.1 Å². The van der Waals surface area contributed by atoms with E-state index < -0.39 is 34.3 Å². The first-order valence-corrected chi connectivity index (χ1v) is 13.8. The number of benzene rings is 2. The van der Waals surface area contributed by atoms with Crippen LogP contribution in [0.25, 0.3) is 0 Å². The number of hydrogen-bond donors (Lipinski definition) is 4. The fourth-order valence-corrected chi connectivity index (χ4v) is 5.95. The molecular weight excluding hydrogens is 545 g/mol. The lowest BCUT2D eigenvalue weighted by atomic mass is 9.96. The number of nitrogens with zero attached hydrogens (tertiary/aromatic N) is 2. The number of carbonyl (C=O) groups excluding carboxylic acids is 2. The second kappa shape index (κ2) is 11.4. The Morgan fingerprint density at radius 3 is 2.43 bits per heavy atom. The molecule has 1 atom stereocenters.